The van der Waals surface area contributed by atoms with Crippen molar-refractivity contribution >= 4 is 19.4 Å². The van der Waals surface area contributed by atoms with Gasteiger partial charge >= 0.3 is 115 Å². The van der Waals surface area contributed by atoms with Gasteiger partial charge in [0.05, 0.1) is 0 Å². The molecule has 0 aliphatic heterocycles. The minimum absolute atomic E-state index is 0.183. The van der Waals surface area contributed by atoms with Crippen molar-refractivity contribution < 1.29 is 4.74 Å². The molecule has 2 aromatic carbocycles. The van der Waals surface area contributed by atoms with Crippen LogP contribution in [0.4, 0.5) is 0 Å². The number of ether oxygens (including phenoxy) is 1. The van der Waals surface area contributed by atoms with Gasteiger partial charge in [0.25, 0.3) is 0 Å². The third kappa shape index (κ3) is 3.23. The molecule has 1 unspecified atom stereocenters. The Hall–Kier alpha value is -1.08. The molecule has 0 saturated heterocycles. The summed E-state index contributed by atoms with van der Waals surface area (Å²) in [7, 11) is 1.80. The van der Waals surface area contributed by atoms with E-state index in [4.69, 9.17) is 4.74 Å². The average molecular weight is 305 g/mol. The molecule has 2 heteroatoms. The van der Waals surface area contributed by atoms with E-state index in [2.05, 4.69) is 61.5 Å². The first-order valence-electron chi connectivity index (χ1n) is 6.03. The van der Waals surface area contributed by atoms with Crippen molar-refractivity contribution in [1.29, 1.82) is 0 Å². The second-order valence-electron chi connectivity index (χ2n) is 4.40. The van der Waals surface area contributed by atoms with Gasteiger partial charge in [0, 0.05) is 0 Å². The molecular formula is C16H18OSe. The molecule has 94 valence electrons. The van der Waals surface area contributed by atoms with Gasteiger partial charge in [-0.1, -0.05) is 0 Å². The first kappa shape index (κ1) is 13.4. The second kappa shape index (κ2) is 6.19. The fourth-order valence-electron chi connectivity index (χ4n) is 1.79. The molecule has 0 amide bonds. The van der Waals surface area contributed by atoms with Crippen LogP contribution in [0.15, 0.2) is 60.7 Å². The predicted octanol–water partition coefficient (Wildman–Crippen LogP) is 3.00. The summed E-state index contributed by atoms with van der Waals surface area (Å²) >= 11 is 0.432. The van der Waals surface area contributed by atoms with Gasteiger partial charge in [0.1, 0.15) is 0 Å². The molecule has 0 heterocycles. The summed E-state index contributed by atoms with van der Waals surface area (Å²) in [6, 6.07) is 21.1. The molecule has 0 aliphatic carbocycles. The van der Waals surface area contributed by atoms with E-state index in [0.29, 0.717) is 15.0 Å². The average Bonchev–Trinajstić information content (AvgIpc) is 2.47. The van der Waals surface area contributed by atoms with Crippen molar-refractivity contribution in [2.45, 2.75) is 17.8 Å². The Labute approximate surface area is 115 Å². The normalized spacial score (nSPS) is 14.1. The molecule has 18 heavy (non-hydrogen) atoms. The number of methoxy groups -OCH3 is 1. The third-order valence-electron chi connectivity index (χ3n) is 3.09. The van der Waals surface area contributed by atoms with Crippen molar-refractivity contribution in [2.24, 2.45) is 0 Å². The topological polar surface area (TPSA) is 9.23 Å². The molecule has 1 nitrogen and oxygen atoms in total. The first-order chi connectivity index (χ1) is 8.74. The molecule has 0 N–H and O–H groups in total. The van der Waals surface area contributed by atoms with Gasteiger partial charge in [0.15, 0.2) is 0 Å². The molecule has 0 radical (unpaired) electrons. The van der Waals surface area contributed by atoms with E-state index in [1.807, 2.05) is 6.07 Å². The van der Waals surface area contributed by atoms with Crippen molar-refractivity contribution in [3.63, 3.8) is 0 Å². The first-order valence-corrected chi connectivity index (χ1v) is 8.10. The van der Waals surface area contributed by atoms with Crippen LogP contribution in [-0.4, -0.2) is 22.1 Å². The second-order valence-corrected chi connectivity index (χ2v) is 6.60. The minimum atomic E-state index is -0.183. The predicted molar refractivity (Wildman–Crippen MR) is 77.4 cm³/mol. The molecule has 0 bridgehead atoms. The van der Waals surface area contributed by atoms with E-state index < -0.39 is 0 Å². The quantitative estimate of drug-likeness (QED) is 0.772. The summed E-state index contributed by atoms with van der Waals surface area (Å²) < 4.78 is 7.18. The summed E-state index contributed by atoms with van der Waals surface area (Å²) in [6.45, 7) is 2.17. The summed E-state index contributed by atoms with van der Waals surface area (Å²) in [4.78, 5) is 0. The van der Waals surface area contributed by atoms with Crippen LogP contribution in [0.2, 0.25) is 5.32 Å². The Bertz CT molecular complexity index is 469. The van der Waals surface area contributed by atoms with Crippen LogP contribution in [0, 0.1) is 0 Å². The zero-order chi connectivity index (χ0) is 12.8. The summed E-state index contributed by atoms with van der Waals surface area (Å²) in [5.74, 6) is 0. The van der Waals surface area contributed by atoms with E-state index in [1.165, 1.54) is 10.0 Å². The monoisotopic (exact) mass is 306 g/mol. The van der Waals surface area contributed by atoms with E-state index >= 15 is 0 Å². The van der Waals surface area contributed by atoms with E-state index in [9.17, 15) is 0 Å². The number of hydrogen-bond acceptors (Lipinski definition) is 1. The van der Waals surface area contributed by atoms with E-state index in [0.717, 1.165) is 5.32 Å². The van der Waals surface area contributed by atoms with Crippen LogP contribution in [0.25, 0.3) is 0 Å². The molecule has 1 atom stereocenters. The van der Waals surface area contributed by atoms with Gasteiger partial charge in [-0.05, 0) is 0 Å². The SMILES string of the molecule is COC(C)(C[Se]c1ccccc1)c1ccccc1. The Kier molecular flexibility index (Phi) is 4.59. The van der Waals surface area contributed by atoms with Gasteiger partial charge in [-0.25, -0.2) is 0 Å². The molecule has 0 aliphatic rings. The van der Waals surface area contributed by atoms with Crippen LogP contribution >= 0.6 is 0 Å². The zero-order valence-corrected chi connectivity index (χ0v) is 12.5. The van der Waals surface area contributed by atoms with Gasteiger partial charge < -0.3 is 0 Å². The van der Waals surface area contributed by atoms with Crippen LogP contribution in [0.1, 0.15) is 12.5 Å². The van der Waals surface area contributed by atoms with E-state index in [1.54, 1.807) is 7.11 Å². The Morgan fingerprint density at radius 1 is 0.944 bits per heavy atom. The van der Waals surface area contributed by atoms with Gasteiger partial charge in [-0.2, -0.15) is 0 Å². The van der Waals surface area contributed by atoms with Crippen LogP contribution < -0.4 is 4.46 Å². The molecule has 2 rings (SSSR count). The molecular weight excluding hydrogens is 287 g/mol. The summed E-state index contributed by atoms with van der Waals surface area (Å²) in [5.41, 5.74) is 1.07. The van der Waals surface area contributed by atoms with Crippen LogP contribution in [-0.2, 0) is 10.3 Å². The molecule has 0 saturated carbocycles. The number of hydrogen-bond donors (Lipinski definition) is 0. The summed E-state index contributed by atoms with van der Waals surface area (Å²) in [5, 5.41) is 1.05. The van der Waals surface area contributed by atoms with Gasteiger partial charge in [-0.3, -0.25) is 0 Å². The van der Waals surface area contributed by atoms with E-state index in [-0.39, 0.29) is 5.60 Å². The van der Waals surface area contributed by atoms with Crippen molar-refractivity contribution in [3.05, 3.63) is 66.2 Å². The van der Waals surface area contributed by atoms with Gasteiger partial charge in [-0.15, -0.1) is 0 Å². The Morgan fingerprint density at radius 3 is 2.06 bits per heavy atom. The standard InChI is InChI=1S/C16H18OSe/c1-16(17-2,14-9-5-3-6-10-14)13-18-15-11-7-4-8-12-15/h3-12H,13H2,1-2H3. The number of rotatable bonds is 5. The molecule has 0 fully saturated rings. The Morgan fingerprint density at radius 2 is 1.50 bits per heavy atom. The van der Waals surface area contributed by atoms with Crippen LogP contribution in [0.3, 0.4) is 0 Å². The zero-order valence-electron chi connectivity index (χ0n) is 10.8. The van der Waals surface area contributed by atoms with Crippen LogP contribution in [0.5, 0.6) is 0 Å². The van der Waals surface area contributed by atoms with Crippen molar-refractivity contribution in [1.82, 2.24) is 0 Å². The summed E-state index contributed by atoms with van der Waals surface area (Å²) in [6.07, 6.45) is 0. The fraction of sp³-hybridized carbons (Fsp3) is 0.250. The maximum atomic E-state index is 5.76. The van der Waals surface area contributed by atoms with Crippen molar-refractivity contribution in [2.75, 3.05) is 7.11 Å². The molecule has 0 aromatic heterocycles. The molecule has 2 aromatic rings. The maximum absolute atomic E-state index is 5.76. The number of benzene rings is 2. The van der Waals surface area contributed by atoms with Gasteiger partial charge in [0.2, 0.25) is 0 Å². The Balaban J connectivity index is 2.10. The third-order valence-corrected chi connectivity index (χ3v) is 5.82. The fourth-order valence-corrected chi connectivity index (χ4v) is 4.05. The molecule has 0 spiro atoms. The van der Waals surface area contributed by atoms with Crippen molar-refractivity contribution in [3.8, 4) is 0 Å².